The molecular formula is C32H25Cl2N3O4S. The molecule has 0 radical (unpaired) electrons. The average Bonchev–Trinajstić information content (AvgIpc) is 3.49. The monoisotopic (exact) mass is 617 g/mol. The zero-order valence-corrected chi connectivity index (χ0v) is 25.3. The number of nitrogens with zero attached hydrogens (tertiary/aromatic N) is 3. The highest BCUT2D eigenvalue weighted by Crippen LogP contribution is 2.37. The van der Waals surface area contributed by atoms with Gasteiger partial charge in [-0.2, -0.15) is 0 Å². The zero-order chi connectivity index (χ0) is 29.5. The fraction of sp³-hybridized carbons (Fsp3) is 0.156. The van der Waals surface area contributed by atoms with E-state index in [4.69, 9.17) is 32.7 Å². The number of rotatable bonds is 6. The molecule has 3 heterocycles. The number of ether oxygens (including phenoxy) is 2. The Labute approximate surface area is 255 Å². The van der Waals surface area contributed by atoms with E-state index in [1.54, 1.807) is 25.1 Å². The Morgan fingerprint density at radius 3 is 2.60 bits per heavy atom. The summed E-state index contributed by atoms with van der Waals surface area (Å²) in [6.45, 7) is 2.31. The molecule has 1 aliphatic rings. The summed E-state index contributed by atoms with van der Waals surface area (Å²) >= 11 is 14.1. The van der Waals surface area contributed by atoms with Crippen molar-refractivity contribution in [3.63, 3.8) is 0 Å². The van der Waals surface area contributed by atoms with Crippen LogP contribution in [0.15, 0.2) is 94.0 Å². The number of hydrogen-bond donors (Lipinski definition) is 0. The van der Waals surface area contributed by atoms with Crippen LogP contribution in [0.1, 0.15) is 29.7 Å². The molecule has 5 aromatic rings. The molecule has 7 nitrogen and oxygen atoms in total. The molecule has 1 aliphatic heterocycles. The number of allylic oxidation sites excluding steroid dienone is 1. The molecule has 2 aromatic heterocycles. The van der Waals surface area contributed by atoms with Crippen LogP contribution in [0.2, 0.25) is 10.0 Å². The Hall–Kier alpha value is -4.11. The Morgan fingerprint density at radius 2 is 1.83 bits per heavy atom. The predicted molar refractivity (Wildman–Crippen MR) is 166 cm³/mol. The molecule has 3 aromatic carbocycles. The molecule has 1 atom stereocenters. The second-order valence-electron chi connectivity index (χ2n) is 9.78. The lowest BCUT2D eigenvalue weighted by Gasteiger charge is -2.25. The van der Waals surface area contributed by atoms with Gasteiger partial charge in [0.1, 0.15) is 11.8 Å². The van der Waals surface area contributed by atoms with Crippen LogP contribution in [0.4, 0.5) is 0 Å². The van der Waals surface area contributed by atoms with E-state index in [2.05, 4.69) is 9.56 Å². The first-order valence-corrected chi connectivity index (χ1v) is 14.6. The smallest absolute Gasteiger partial charge is 0.338 e. The summed E-state index contributed by atoms with van der Waals surface area (Å²) in [5.41, 5.74) is 3.86. The number of thiazole rings is 1. The summed E-state index contributed by atoms with van der Waals surface area (Å²) in [5.74, 6) is -0.0991. The van der Waals surface area contributed by atoms with Crippen LogP contribution < -0.4 is 19.6 Å². The van der Waals surface area contributed by atoms with Gasteiger partial charge in [0.25, 0.3) is 5.56 Å². The van der Waals surface area contributed by atoms with Crippen LogP contribution in [0.5, 0.6) is 5.75 Å². The number of aromatic nitrogens is 2. The second-order valence-corrected chi connectivity index (χ2v) is 11.6. The molecule has 212 valence electrons. The van der Waals surface area contributed by atoms with Gasteiger partial charge in [-0.05, 0) is 48.9 Å². The number of benzene rings is 3. The van der Waals surface area contributed by atoms with Gasteiger partial charge < -0.3 is 14.0 Å². The van der Waals surface area contributed by atoms with Crippen molar-refractivity contribution < 1.29 is 14.3 Å². The number of halogens is 2. The first-order chi connectivity index (χ1) is 20.3. The number of hydrogen-bond acceptors (Lipinski definition) is 6. The van der Waals surface area contributed by atoms with Gasteiger partial charge in [0.15, 0.2) is 4.80 Å². The topological polar surface area (TPSA) is 74.8 Å². The third kappa shape index (κ3) is 4.85. The predicted octanol–water partition coefficient (Wildman–Crippen LogP) is 5.73. The molecule has 0 saturated carbocycles. The van der Waals surface area contributed by atoms with Crippen molar-refractivity contribution >= 4 is 57.5 Å². The Morgan fingerprint density at radius 1 is 1.07 bits per heavy atom. The van der Waals surface area contributed by atoms with E-state index in [-0.39, 0.29) is 11.1 Å². The maximum atomic E-state index is 14.1. The van der Waals surface area contributed by atoms with E-state index in [0.29, 0.717) is 42.9 Å². The van der Waals surface area contributed by atoms with Gasteiger partial charge in [-0.15, -0.1) is 0 Å². The minimum atomic E-state index is -0.842. The molecule has 0 unspecified atom stereocenters. The van der Waals surface area contributed by atoms with Gasteiger partial charge in [-0.1, -0.05) is 70.9 Å². The van der Waals surface area contributed by atoms with Crippen molar-refractivity contribution in [3.05, 3.63) is 131 Å². The van der Waals surface area contributed by atoms with Crippen molar-refractivity contribution in [1.29, 1.82) is 0 Å². The van der Waals surface area contributed by atoms with Crippen LogP contribution in [0, 0.1) is 0 Å². The summed E-state index contributed by atoms with van der Waals surface area (Å²) in [4.78, 5) is 32.3. The summed E-state index contributed by atoms with van der Waals surface area (Å²) < 4.78 is 14.9. The first-order valence-electron chi connectivity index (χ1n) is 13.1. The van der Waals surface area contributed by atoms with Crippen LogP contribution in [0.3, 0.4) is 0 Å². The van der Waals surface area contributed by atoms with Crippen molar-refractivity contribution in [2.24, 2.45) is 4.99 Å². The Kier molecular flexibility index (Phi) is 7.53. The molecule has 0 fully saturated rings. The summed E-state index contributed by atoms with van der Waals surface area (Å²) in [6, 6.07) is 20.0. The van der Waals surface area contributed by atoms with Gasteiger partial charge in [0, 0.05) is 44.8 Å². The first kappa shape index (κ1) is 28.0. The van der Waals surface area contributed by atoms with Crippen molar-refractivity contribution in [1.82, 2.24) is 9.13 Å². The van der Waals surface area contributed by atoms with Crippen molar-refractivity contribution in [2.45, 2.75) is 19.5 Å². The number of carbonyl (C=O) groups excluding carboxylic acids is 1. The van der Waals surface area contributed by atoms with Gasteiger partial charge in [0.2, 0.25) is 0 Å². The quantitative estimate of drug-likeness (QED) is 0.228. The lowest BCUT2D eigenvalue weighted by molar-refractivity contribution is -0.136. The van der Waals surface area contributed by atoms with Gasteiger partial charge in [-0.3, -0.25) is 9.36 Å². The molecule has 0 N–H and O–H groups in total. The standard InChI is InChI=1S/C32H25Cl2N3O4S/c1-18-28(31(39)41-3)29(23-15-21(33)12-13-26(23)40-2)37-30(38)27(42-32(37)35-18)14-20-17-36(25-11-7-5-9-22(20)25)16-19-8-4-6-10-24(19)34/h4-15,17,29H,16H2,1-3H3/b27-14-/t29-/m0/s1. The maximum Gasteiger partial charge on any atom is 0.338 e. The van der Waals surface area contributed by atoms with Crippen LogP contribution in [0.25, 0.3) is 17.0 Å². The third-order valence-electron chi connectivity index (χ3n) is 7.32. The van der Waals surface area contributed by atoms with Crippen LogP contribution >= 0.6 is 34.5 Å². The minimum Gasteiger partial charge on any atom is -0.496 e. The fourth-order valence-corrected chi connectivity index (χ4v) is 6.79. The summed E-state index contributed by atoms with van der Waals surface area (Å²) in [7, 11) is 2.83. The summed E-state index contributed by atoms with van der Waals surface area (Å²) in [6.07, 6.45) is 3.90. The lowest BCUT2D eigenvalue weighted by atomic mass is 9.95. The molecule has 6 rings (SSSR count). The van der Waals surface area contributed by atoms with E-state index < -0.39 is 12.0 Å². The maximum absolute atomic E-state index is 14.1. The lowest BCUT2D eigenvalue weighted by Crippen LogP contribution is -2.40. The van der Waals surface area contributed by atoms with E-state index in [1.807, 2.05) is 60.8 Å². The zero-order valence-electron chi connectivity index (χ0n) is 22.9. The number of fused-ring (bicyclic) bond motifs is 2. The average molecular weight is 619 g/mol. The summed E-state index contributed by atoms with van der Waals surface area (Å²) in [5, 5.41) is 2.13. The highest BCUT2D eigenvalue weighted by atomic mass is 35.5. The Balaban J connectivity index is 1.56. The van der Waals surface area contributed by atoms with E-state index in [9.17, 15) is 9.59 Å². The van der Waals surface area contributed by atoms with E-state index in [0.717, 1.165) is 22.0 Å². The SMILES string of the molecule is COC(=O)C1=C(C)N=c2s/c(=C\c3cn(Cc4ccccc4Cl)c4ccccc34)c(=O)n2[C@H]1c1cc(Cl)ccc1OC. The Bertz CT molecular complexity index is 2090. The van der Waals surface area contributed by atoms with Gasteiger partial charge >= 0.3 is 5.97 Å². The highest BCUT2D eigenvalue weighted by molar-refractivity contribution is 7.07. The van der Waals surface area contributed by atoms with Crippen LogP contribution in [-0.2, 0) is 16.1 Å². The third-order valence-corrected chi connectivity index (χ3v) is 8.90. The van der Waals surface area contributed by atoms with Gasteiger partial charge in [-0.25, -0.2) is 9.79 Å². The normalized spacial score (nSPS) is 15.1. The molecule has 0 aliphatic carbocycles. The molecule has 42 heavy (non-hydrogen) atoms. The fourth-order valence-electron chi connectivity index (χ4n) is 5.38. The van der Waals surface area contributed by atoms with E-state index in [1.165, 1.54) is 30.1 Å². The van der Waals surface area contributed by atoms with Crippen LogP contribution in [-0.4, -0.2) is 29.3 Å². The number of esters is 1. The molecule has 0 spiro atoms. The molecular weight excluding hydrogens is 593 g/mol. The number of para-hydroxylation sites is 1. The van der Waals surface area contributed by atoms with Gasteiger partial charge in [0.05, 0.1) is 30.0 Å². The largest absolute Gasteiger partial charge is 0.496 e. The van der Waals surface area contributed by atoms with Crippen molar-refractivity contribution in [3.8, 4) is 5.75 Å². The highest BCUT2D eigenvalue weighted by Gasteiger charge is 2.35. The van der Waals surface area contributed by atoms with E-state index >= 15 is 0 Å². The van der Waals surface area contributed by atoms with Crippen molar-refractivity contribution in [2.75, 3.05) is 14.2 Å². The second kappa shape index (κ2) is 11.3. The number of methoxy groups -OCH3 is 2. The molecule has 0 saturated heterocycles. The molecule has 0 bridgehead atoms. The number of carbonyl (C=O) groups is 1. The molecule has 0 amide bonds. The molecule has 10 heteroatoms. The minimum absolute atomic E-state index is 0.244.